The van der Waals surface area contributed by atoms with Crippen LogP contribution in [0.4, 0.5) is 0 Å². The molecule has 0 aliphatic carbocycles. The van der Waals surface area contributed by atoms with Crippen molar-refractivity contribution in [2.45, 2.75) is 19.6 Å². The molecule has 0 fully saturated rings. The average Bonchev–Trinajstić information content (AvgIpc) is 3.39. The maximum atomic E-state index is 12.6. The van der Waals surface area contributed by atoms with E-state index in [2.05, 4.69) is 5.32 Å². The van der Waals surface area contributed by atoms with E-state index in [0.29, 0.717) is 10.6 Å². The van der Waals surface area contributed by atoms with Crippen molar-refractivity contribution in [3.63, 3.8) is 0 Å². The van der Waals surface area contributed by atoms with Gasteiger partial charge in [-0.3, -0.25) is 9.59 Å². The number of carbonyl (C=O) groups excluding carboxylic acids is 3. The number of carbonyl (C=O) groups is 3. The second-order valence-corrected chi connectivity index (χ2v) is 6.64. The Kier molecular flexibility index (Phi) is 5.83. The van der Waals surface area contributed by atoms with Gasteiger partial charge >= 0.3 is 5.97 Å². The number of nitrogens with one attached hydrogen (secondary N) is 1. The summed E-state index contributed by atoms with van der Waals surface area (Å²) in [5, 5.41) is 4.42. The Morgan fingerprint density at radius 1 is 1.07 bits per heavy atom. The highest BCUT2D eigenvalue weighted by atomic mass is 32.1. The standard InChI is InChI=1S/C20H17NO5S/c1-13(19(23)21-12-14-6-4-10-25-14)26-20(24)16-8-3-2-7-15(16)18(22)17-9-5-11-27-17/h2-11,13H,12H2,1H3,(H,21,23). The first kappa shape index (κ1) is 18.6. The van der Waals surface area contributed by atoms with E-state index in [0.717, 1.165) is 0 Å². The molecule has 3 rings (SSSR count). The van der Waals surface area contributed by atoms with Gasteiger partial charge in [0.25, 0.3) is 5.91 Å². The minimum absolute atomic E-state index is 0.126. The van der Waals surface area contributed by atoms with Crippen molar-refractivity contribution in [2.75, 3.05) is 0 Å². The zero-order valence-corrected chi connectivity index (χ0v) is 15.3. The van der Waals surface area contributed by atoms with Crippen molar-refractivity contribution in [2.24, 2.45) is 0 Å². The van der Waals surface area contributed by atoms with Crippen LogP contribution in [0.2, 0.25) is 0 Å². The zero-order valence-electron chi connectivity index (χ0n) is 14.5. The summed E-state index contributed by atoms with van der Waals surface area (Å²) in [5.74, 6) is -0.848. The van der Waals surface area contributed by atoms with Crippen LogP contribution >= 0.6 is 11.3 Å². The Morgan fingerprint density at radius 2 is 1.85 bits per heavy atom. The Labute approximate surface area is 159 Å². The molecule has 0 spiro atoms. The molecule has 7 heteroatoms. The number of benzene rings is 1. The first-order chi connectivity index (χ1) is 13.1. The van der Waals surface area contributed by atoms with Crippen LogP contribution < -0.4 is 5.32 Å². The van der Waals surface area contributed by atoms with E-state index in [1.54, 1.807) is 47.8 Å². The quantitative estimate of drug-likeness (QED) is 0.499. The van der Waals surface area contributed by atoms with Gasteiger partial charge < -0.3 is 14.5 Å². The Bertz CT molecular complexity index is 931. The van der Waals surface area contributed by atoms with E-state index >= 15 is 0 Å². The monoisotopic (exact) mass is 383 g/mol. The molecule has 6 nitrogen and oxygen atoms in total. The number of furan rings is 1. The molecule has 0 aliphatic rings. The molecule has 0 aliphatic heterocycles. The van der Waals surface area contributed by atoms with Crippen LogP contribution in [0.25, 0.3) is 0 Å². The third-order valence-electron chi connectivity index (χ3n) is 3.81. The minimum atomic E-state index is -1.02. The van der Waals surface area contributed by atoms with E-state index in [-0.39, 0.29) is 23.5 Å². The van der Waals surface area contributed by atoms with E-state index in [1.807, 2.05) is 0 Å². The van der Waals surface area contributed by atoms with Crippen LogP contribution in [0, 0.1) is 0 Å². The minimum Gasteiger partial charge on any atom is -0.467 e. The number of hydrogen-bond acceptors (Lipinski definition) is 6. The van der Waals surface area contributed by atoms with E-state index < -0.39 is 18.0 Å². The summed E-state index contributed by atoms with van der Waals surface area (Å²) in [6.07, 6.45) is 0.490. The van der Waals surface area contributed by atoms with Crippen molar-refractivity contribution in [1.29, 1.82) is 0 Å². The highest BCUT2D eigenvalue weighted by Gasteiger charge is 2.23. The zero-order chi connectivity index (χ0) is 19.2. The lowest BCUT2D eigenvalue weighted by Crippen LogP contribution is -2.35. The molecule has 27 heavy (non-hydrogen) atoms. The third kappa shape index (κ3) is 4.51. The molecule has 0 bridgehead atoms. The summed E-state index contributed by atoms with van der Waals surface area (Å²) in [5.41, 5.74) is 0.370. The highest BCUT2D eigenvalue weighted by Crippen LogP contribution is 2.19. The molecule has 3 aromatic rings. The van der Waals surface area contributed by atoms with Crippen LogP contribution in [-0.4, -0.2) is 23.8 Å². The predicted octanol–water partition coefficient (Wildman–Crippen LogP) is 3.43. The van der Waals surface area contributed by atoms with Gasteiger partial charge in [0, 0.05) is 5.56 Å². The second kappa shape index (κ2) is 8.46. The van der Waals surface area contributed by atoms with Crippen LogP contribution in [0.1, 0.15) is 38.3 Å². The van der Waals surface area contributed by atoms with Crippen molar-refractivity contribution in [3.8, 4) is 0 Å². The number of amides is 1. The molecule has 1 aromatic carbocycles. The molecule has 1 amide bonds. The van der Waals surface area contributed by atoms with Gasteiger partial charge in [-0.2, -0.15) is 0 Å². The summed E-state index contributed by atoms with van der Waals surface area (Å²) in [4.78, 5) is 37.8. The number of ether oxygens (including phenoxy) is 1. The van der Waals surface area contributed by atoms with Crippen LogP contribution in [0.3, 0.4) is 0 Å². The number of thiophene rings is 1. The fourth-order valence-electron chi connectivity index (χ4n) is 2.41. The first-order valence-corrected chi connectivity index (χ1v) is 9.12. The summed E-state index contributed by atoms with van der Waals surface area (Å²) in [7, 11) is 0. The molecular weight excluding hydrogens is 366 g/mol. The predicted molar refractivity (Wildman–Crippen MR) is 99.6 cm³/mol. The maximum Gasteiger partial charge on any atom is 0.339 e. The molecule has 1 N–H and O–H groups in total. The molecular formula is C20H17NO5S. The van der Waals surface area contributed by atoms with Gasteiger partial charge in [-0.05, 0) is 36.6 Å². The van der Waals surface area contributed by atoms with Crippen molar-refractivity contribution < 1.29 is 23.5 Å². The highest BCUT2D eigenvalue weighted by molar-refractivity contribution is 7.12. The largest absolute Gasteiger partial charge is 0.467 e. The second-order valence-electron chi connectivity index (χ2n) is 5.70. The van der Waals surface area contributed by atoms with Gasteiger partial charge in [-0.25, -0.2) is 4.79 Å². The lowest BCUT2D eigenvalue weighted by atomic mass is 10.0. The van der Waals surface area contributed by atoms with Gasteiger partial charge in [0.1, 0.15) is 5.76 Å². The smallest absolute Gasteiger partial charge is 0.339 e. The number of hydrogen-bond donors (Lipinski definition) is 1. The van der Waals surface area contributed by atoms with Crippen LogP contribution in [0.5, 0.6) is 0 Å². The summed E-state index contributed by atoms with van der Waals surface area (Å²) in [6.45, 7) is 1.67. The Hall–Kier alpha value is -3.19. The third-order valence-corrected chi connectivity index (χ3v) is 4.68. The van der Waals surface area contributed by atoms with Crippen molar-refractivity contribution in [3.05, 3.63) is 81.9 Å². The van der Waals surface area contributed by atoms with E-state index in [1.165, 1.54) is 30.6 Å². The summed E-state index contributed by atoms with van der Waals surface area (Å²) < 4.78 is 10.4. The van der Waals surface area contributed by atoms with E-state index in [9.17, 15) is 14.4 Å². The van der Waals surface area contributed by atoms with Gasteiger partial charge in [0.2, 0.25) is 5.78 Å². The number of rotatable bonds is 7. The number of esters is 1. The average molecular weight is 383 g/mol. The summed E-state index contributed by atoms with van der Waals surface area (Å²) >= 11 is 1.30. The molecule has 2 aromatic heterocycles. The topological polar surface area (TPSA) is 85.6 Å². The van der Waals surface area contributed by atoms with Gasteiger partial charge in [-0.1, -0.05) is 24.3 Å². The van der Waals surface area contributed by atoms with Gasteiger partial charge in [0.15, 0.2) is 6.10 Å². The molecule has 1 unspecified atom stereocenters. The van der Waals surface area contributed by atoms with Crippen LogP contribution in [0.15, 0.2) is 64.6 Å². The summed E-state index contributed by atoms with van der Waals surface area (Å²) in [6, 6.07) is 13.3. The lowest BCUT2D eigenvalue weighted by Gasteiger charge is -2.14. The number of ketones is 1. The first-order valence-electron chi connectivity index (χ1n) is 8.24. The molecule has 138 valence electrons. The SMILES string of the molecule is CC(OC(=O)c1ccccc1C(=O)c1cccs1)C(=O)NCc1ccco1. The molecule has 2 heterocycles. The van der Waals surface area contributed by atoms with Crippen molar-refractivity contribution >= 4 is 29.0 Å². The molecule has 0 radical (unpaired) electrons. The molecule has 0 saturated heterocycles. The van der Waals surface area contributed by atoms with Gasteiger partial charge in [-0.15, -0.1) is 11.3 Å². The van der Waals surface area contributed by atoms with Crippen molar-refractivity contribution in [1.82, 2.24) is 5.32 Å². The molecule has 1 atom stereocenters. The van der Waals surface area contributed by atoms with Gasteiger partial charge in [0.05, 0.1) is 23.2 Å². The van der Waals surface area contributed by atoms with E-state index in [4.69, 9.17) is 9.15 Å². The maximum absolute atomic E-state index is 12.6. The Balaban J connectivity index is 1.67. The fourth-order valence-corrected chi connectivity index (χ4v) is 3.09. The fraction of sp³-hybridized carbons (Fsp3) is 0.150. The normalized spacial score (nSPS) is 11.6. The van der Waals surface area contributed by atoms with Crippen LogP contribution in [-0.2, 0) is 16.1 Å². The lowest BCUT2D eigenvalue weighted by molar-refractivity contribution is -0.129. The Morgan fingerprint density at radius 3 is 2.52 bits per heavy atom. The molecule has 0 saturated carbocycles.